The van der Waals surface area contributed by atoms with Crippen molar-refractivity contribution >= 4 is 23.1 Å². The van der Waals surface area contributed by atoms with Crippen LogP contribution in [0.5, 0.6) is 5.75 Å². The van der Waals surface area contributed by atoms with Gasteiger partial charge in [0.1, 0.15) is 11.4 Å². The lowest BCUT2D eigenvalue weighted by Crippen LogP contribution is -2.38. The van der Waals surface area contributed by atoms with Gasteiger partial charge < -0.3 is 9.64 Å². The van der Waals surface area contributed by atoms with E-state index in [-0.39, 0.29) is 11.8 Å². The quantitative estimate of drug-likeness (QED) is 0.636. The van der Waals surface area contributed by atoms with Crippen LogP contribution in [0.4, 0.5) is 5.69 Å². The molecule has 162 valence electrons. The Kier molecular flexibility index (Phi) is 6.12. The third-order valence-electron chi connectivity index (χ3n) is 5.90. The maximum atomic E-state index is 13.6. The van der Waals surface area contributed by atoms with E-state index in [0.29, 0.717) is 35.4 Å². The summed E-state index contributed by atoms with van der Waals surface area (Å²) in [5.74, 6) is 1.29. The first-order chi connectivity index (χ1) is 15.0. The number of ether oxygens (including phenoxy) is 1. The van der Waals surface area contributed by atoms with E-state index >= 15 is 0 Å². The van der Waals surface area contributed by atoms with Gasteiger partial charge >= 0.3 is 0 Å². The zero-order valence-electron chi connectivity index (χ0n) is 18.5. The van der Waals surface area contributed by atoms with Gasteiger partial charge in [-0.15, -0.1) is 0 Å². The predicted molar refractivity (Wildman–Crippen MR) is 123 cm³/mol. The Morgan fingerprint density at radius 1 is 0.935 bits per heavy atom. The molecule has 0 aromatic heterocycles. The molecule has 0 atom stereocenters. The number of amides is 2. The Morgan fingerprint density at radius 3 is 2.19 bits per heavy atom. The maximum Gasteiger partial charge on any atom is 0.282 e. The van der Waals surface area contributed by atoms with Crippen molar-refractivity contribution in [2.45, 2.75) is 33.6 Å². The number of hydrogen-bond donors (Lipinski definition) is 0. The van der Waals surface area contributed by atoms with Crippen molar-refractivity contribution in [1.82, 2.24) is 4.90 Å². The Hall–Kier alpha value is -3.08. The minimum Gasteiger partial charge on any atom is -0.493 e. The SMILES string of the molecule is CC(C)COc1ccc(N2C(=O)C(c3ccccc3)=C(N3CCC(C)CC3)C2=O)cc1. The lowest BCUT2D eigenvalue weighted by Gasteiger charge is -2.32. The molecule has 0 radical (unpaired) electrons. The maximum absolute atomic E-state index is 13.6. The minimum atomic E-state index is -0.263. The lowest BCUT2D eigenvalue weighted by molar-refractivity contribution is -0.120. The highest BCUT2D eigenvalue weighted by atomic mass is 16.5. The van der Waals surface area contributed by atoms with Crippen LogP contribution in [-0.4, -0.2) is 36.4 Å². The molecule has 2 aromatic rings. The van der Waals surface area contributed by atoms with Gasteiger partial charge in [0.15, 0.2) is 0 Å². The number of piperidine rings is 1. The highest BCUT2D eigenvalue weighted by Gasteiger charge is 2.42. The summed E-state index contributed by atoms with van der Waals surface area (Å²) in [4.78, 5) is 30.5. The molecule has 0 N–H and O–H groups in total. The van der Waals surface area contributed by atoms with E-state index in [9.17, 15) is 9.59 Å². The molecule has 0 aliphatic carbocycles. The summed E-state index contributed by atoms with van der Waals surface area (Å²) in [5.41, 5.74) is 2.39. The molecule has 31 heavy (non-hydrogen) atoms. The van der Waals surface area contributed by atoms with Gasteiger partial charge in [0.2, 0.25) is 0 Å². The minimum absolute atomic E-state index is 0.241. The smallest absolute Gasteiger partial charge is 0.282 e. The van der Waals surface area contributed by atoms with E-state index in [1.54, 1.807) is 12.1 Å². The molecule has 2 aromatic carbocycles. The van der Waals surface area contributed by atoms with Crippen LogP contribution in [-0.2, 0) is 9.59 Å². The topological polar surface area (TPSA) is 49.9 Å². The van der Waals surface area contributed by atoms with Crippen LogP contribution in [0.25, 0.3) is 5.57 Å². The molecule has 0 spiro atoms. The summed E-state index contributed by atoms with van der Waals surface area (Å²) in [5, 5.41) is 0. The number of likely N-dealkylation sites (tertiary alicyclic amines) is 1. The van der Waals surface area contributed by atoms with Gasteiger partial charge in [0, 0.05) is 13.1 Å². The fourth-order valence-corrected chi connectivity index (χ4v) is 4.10. The molecule has 4 rings (SSSR count). The average molecular weight is 419 g/mol. The van der Waals surface area contributed by atoms with E-state index in [0.717, 1.165) is 37.2 Å². The van der Waals surface area contributed by atoms with Crippen molar-refractivity contribution < 1.29 is 14.3 Å². The van der Waals surface area contributed by atoms with Crippen molar-refractivity contribution in [3.63, 3.8) is 0 Å². The molecule has 5 nitrogen and oxygen atoms in total. The Balaban J connectivity index is 1.66. The van der Waals surface area contributed by atoms with Crippen LogP contribution in [0.15, 0.2) is 60.3 Å². The third-order valence-corrected chi connectivity index (χ3v) is 5.90. The van der Waals surface area contributed by atoms with Crippen LogP contribution in [0.1, 0.15) is 39.2 Å². The van der Waals surface area contributed by atoms with E-state index in [4.69, 9.17) is 4.74 Å². The standard InChI is InChI=1S/C26H30N2O3/c1-18(2)17-31-22-11-9-21(10-12-22)28-25(29)23(20-7-5-4-6-8-20)24(26(28)30)27-15-13-19(3)14-16-27/h4-12,18-19H,13-17H2,1-3H3. The number of benzene rings is 2. The number of anilines is 1. The second-order valence-electron chi connectivity index (χ2n) is 8.90. The van der Waals surface area contributed by atoms with E-state index in [1.165, 1.54) is 4.90 Å². The molecular formula is C26H30N2O3. The summed E-state index contributed by atoms with van der Waals surface area (Å²) in [7, 11) is 0. The highest BCUT2D eigenvalue weighted by molar-refractivity contribution is 6.45. The van der Waals surface area contributed by atoms with Crippen LogP contribution in [0.2, 0.25) is 0 Å². The zero-order valence-corrected chi connectivity index (χ0v) is 18.5. The number of carbonyl (C=O) groups is 2. The van der Waals surface area contributed by atoms with Crippen molar-refractivity contribution in [3.8, 4) is 5.75 Å². The first-order valence-electron chi connectivity index (χ1n) is 11.1. The summed E-state index contributed by atoms with van der Waals surface area (Å²) < 4.78 is 5.75. The number of rotatable bonds is 6. The molecule has 2 aliphatic rings. The molecule has 0 bridgehead atoms. The van der Waals surface area contributed by atoms with Crippen molar-refractivity contribution in [2.24, 2.45) is 11.8 Å². The molecule has 0 unspecified atom stereocenters. The van der Waals surface area contributed by atoms with Crippen LogP contribution in [0.3, 0.4) is 0 Å². The average Bonchev–Trinajstić information content (AvgIpc) is 3.04. The van der Waals surface area contributed by atoms with Crippen molar-refractivity contribution in [1.29, 1.82) is 0 Å². The summed E-state index contributed by atoms with van der Waals surface area (Å²) in [6.07, 6.45) is 2.05. The number of imide groups is 1. The van der Waals surface area contributed by atoms with Gasteiger partial charge in [-0.3, -0.25) is 9.59 Å². The van der Waals surface area contributed by atoms with Crippen LogP contribution in [0, 0.1) is 11.8 Å². The van der Waals surface area contributed by atoms with E-state index in [2.05, 4.69) is 25.7 Å². The molecule has 1 saturated heterocycles. The highest BCUT2D eigenvalue weighted by Crippen LogP contribution is 2.36. The second kappa shape index (κ2) is 8.96. The molecule has 0 saturated carbocycles. The van der Waals surface area contributed by atoms with Crippen LogP contribution >= 0.6 is 0 Å². The summed E-state index contributed by atoms with van der Waals surface area (Å²) in [6.45, 7) is 8.63. The van der Waals surface area contributed by atoms with Gasteiger partial charge in [-0.05, 0) is 54.5 Å². The molecule has 2 heterocycles. The summed E-state index contributed by atoms with van der Waals surface area (Å²) in [6, 6.07) is 16.7. The van der Waals surface area contributed by atoms with Gasteiger partial charge in [0.25, 0.3) is 11.8 Å². The Morgan fingerprint density at radius 2 is 1.58 bits per heavy atom. The third kappa shape index (κ3) is 4.36. The second-order valence-corrected chi connectivity index (χ2v) is 8.90. The van der Waals surface area contributed by atoms with Gasteiger partial charge in [-0.2, -0.15) is 0 Å². The number of nitrogens with zero attached hydrogens (tertiary/aromatic N) is 2. The monoisotopic (exact) mass is 418 g/mol. The Labute approximate surface area is 184 Å². The van der Waals surface area contributed by atoms with Crippen LogP contribution < -0.4 is 9.64 Å². The van der Waals surface area contributed by atoms with Gasteiger partial charge in [0.05, 0.1) is 17.9 Å². The van der Waals surface area contributed by atoms with Crippen molar-refractivity contribution in [2.75, 3.05) is 24.6 Å². The zero-order chi connectivity index (χ0) is 22.0. The summed E-state index contributed by atoms with van der Waals surface area (Å²) >= 11 is 0. The van der Waals surface area contributed by atoms with Crippen molar-refractivity contribution in [3.05, 3.63) is 65.9 Å². The van der Waals surface area contributed by atoms with Gasteiger partial charge in [-0.25, -0.2) is 4.90 Å². The number of carbonyl (C=O) groups excluding carboxylic acids is 2. The molecular weight excluding hydrogens is 388 g/mol. The fourth-order valence-electron chi connectivity index (χ4n) is 4.10. The van der Waals surface area contributed by atoms with Gasteiger partial charge in [-0.1, -0.05) is 51.1 Å². The first kappa shape index (κ1) is 21.2. The fraction of sp³-hybridized carbons (Fsp3) is 0.385. The first-order valence-corrected chi connectivity index (χ1v) is 11.1. The molecule has 2 aliphatic heterocycles. The molecule has 1 fully saturated rings. The lowest BCUT2D eigenvalue weighted by atomic mass is 9.97. The van der Waals surface area contributed by atoms with E-state index in [1.807, 2.05) is 42.5 Å². The van der Waals surface area contributed by atoms with E-state index < -0.39 is 0 Å². The normalized spacial score (nSPS) is 17.8. The number of hydrogen-bond acceptors (Lipinski definition) is 4. The largest absolute Gasteiger partial charge is 0.493 e. The Bertz CT molecular complexity index is 971. The molecule has 2 amide bonds. The predicted octanol–water partition coefficient (Wildman–Crippen LogP) is 4.74. The molecule has 5 heteroatoms.